The molecule has 136 valence electrons. The number of carbonyl (C=O) groups is 2. The van der Waals surface area contributed by atoms with Crippen LogP contribution in [0.3, 0.4) is 0 Å². The van der Waals surface area contributed by atoms with Gasteiger partial charge in [0.2, 0.25) is 0 Å². The van der Waals surface area contributed by atoms with Crippen molar-refractivity contribution in [3.8, 4) is 0 Å². The molecule has 1 heterocycles. The number of anilines is 2. The van der Waals surface area contributed by atoms with Crippen molar-refractivity contribution in [3.63, 3.8) is 0 Å². The Morgan fingerprint density at radius 3 is 2.32 bits per heavy atom. The second kappa shape index (κ2) is 7.00. The molecule has 1 aliphatic rings. The second-order valence-corrected chi connectivity index (χ2v) is 6.86. The van der Waals surface area contributed by atoms with E-state index in [9.17, 15) is 9.59 Å². The molecule has 2 rings (SSSR count). The normalized spacial score (nSPS) is 15.0. The number of nitrogens with zero attached hydrogens (tertiary/aromatic N) is 2. The summed E-state index contributed by atoms with van der Waals surface area (Å²) in [5.41, 5.74) is 6.50. The Morgan fingerprint density at radius 2 is 1.84 bits per heavy atom. The number of nitrogens with two attached hydrogens (primary N) is 1. The Kier molecular flexibility index (Phi) is 5.20. The minimum Gasteiger partial charge on any atom is -0.478 e. The van der Waals surface area contributed by atoms with E-state index in [1.807, 2.05) is 25.7 Å². The van der Waals surface area contributed by atoms with Crippen LogP contribution < -0.4 is 10.6 Å². The summed E-state index contributed by atoms with van der Waals surface area (Å²) in [4.78, 5) is 26.9. The lowest BCUT2D eigenvalue weighted by Gasteiger charge is -2.37. The number of aromatic carboxylic acids is 1. The van der Waals surface area contributed by atoms with Gasteiger partial charge in [-0.05, 0) is 32.9 Å². The van der Waals surface area contributed by atoms with E-state index in [0.29, 0.717) is 37.4 Å². The molecule has 1 aromatic carbocycles. The van der Waals surface area contributed by atoms with Crippen LogP contribution in [0.5, 0.6) is 0 Å². The first-order chi connectivity index (χ1) is 11.6. The van der Waals surface area contributed by atoms with Crippen LogP contribution in [0, 0.1) is 5.41 Å². The highest BCUT2D eigenvalue weighted by Crippen LogP contribution is 2.28. The molecule has 1 amide bonds. The third kappa shape index (κ3) is 4.20. The zero-order valence-corrected chi connectivity index (χ0v) is 14.7. The topological polar surface area (TPSA) is 120 Å². The molecule has 8 heteroatoms. The van der Waals surface area contributed by atoms with Crippen molar-refractivity contribution < 1.29 is 19.4 Å². The first-order valence-corrected chi connectivity index (χ1v) is 8.03. The number of hydrogen-bond donors (Lipinski definition) is 3. The molecule has 0 aliphatic carbocycles. The van der Waals surface area contributed by atoms with E-state index in [4.69, 9.17) is 21.0 Å². The third-order valence-electron chi connectivity index (χ3n) is 3.91. The summed E-state index contributed by atoms with van der Waals surface area (Å²) in [7, 11) is 0. The molecule has 4 N–H and O–H groups in total. The molecule has 0 spiro atoms. The fraction of sp³-hybridized carbons (Fsp3) is 0.471. The second-order valence-electron chi connectivity index (χ2n) is 6.86. The van der Waals surface area contributed by atoms with E-state index in [1.165, 1.54) is 6.07 Å². The minimum atomic E-state index is -1.12. The van der Waals surface area contributed by atoms with Crippen LogP contribution in [0.2, 0.25) is 0 Å². The Morgan fingerprint density at radius 1 is 1.24 bits per heavy atom. The Balaban J connectivity index is 2.13. The van der Waals surface area contributed by atoms with Crippen molar-refractivity contribution in [2.45, 2.75) is 26.4 Å². The third-order valence-corrected chi connectivity index (χ3v) is 3.91. The van der Waals surface area contributed by atoms with Crippen molar-refractivity contribution in [3.05, 3.63) is 23.3 Å². The Hall–Kier alpha value is -2.77. The van der Waals surface area contributed by atoms with Crippen LogP contribution in [-0.2, 0) is 4.74 Å². The molecular formula is C17H24N4O4. The SMILES string of the molecule is CC(C)(C)OC(=O)N1CCN(c2ccc(C(=O)O)c(N)c2C=N)CC1. The molecule has 0 atom stereocenters. The van der Waals surface area contributed by atoms with E-state index in [1.54, 1.807) is 11.0 Å². The van der Waals surface area contributed by atoms with Crippen LogP contribution in [0.15, 0.2) is 12.1 Å². The van der Waals surface area contributed by atoms with Gasteiger partial charge >= 0.3 is 12.1 Å². The zero-order chi connectivity index (χ0) is 18.8. The molecule has 1 fully saturated rings. The number of nitrogen functional groups attached to an aromatic ring is 1. The van der Waals surface area contributed by atoms with Gasteiger partial charge < -0.3 is 30.8 Å². The highest BCUT2D eigenvalue weighted by atomic mass is 16.6. The summed E-state index contributed by atoms with van der Waals surface area (Å²) in [5.74, 6) is -1.12. The molecule has 1 aliphatic heterocycles. The largest absolute Gasteiger partial charge is 0.478 e. The highest BCUT2D eigenvalue weighted by molar-refractivity contribution is 6.03. The van der Waals surface area contributed by atoms with Crippen molar-refractivity contribution in [1.82, 2.24) is 4.90 Å². The van der Waals surface area contributed by atoms with E-state index in [-0.39, 0.29) is 17.3 Å². The van der Waals surface area contributed by atoms with Gasteiger partial charge in [0.05, 0.1) is 11.3 Å². The maximum Gasteiger partial charge on any atom is 0.410 e. The van der Waals surface area contributed by atoms with Gasteiger partial charge in [-0.25, -0.2) is 9.59 Å². The molecule has 0 aromatic heterocycles. The number of hydrogen-bond acceptors (Lipinski definition) is 6. The Bertz CT molecular complexity index is 689. The van der Waals surface area contributed by atoms with Crippen LogP contribution in [0.25, 0.3) is 0 Å². The average Bonchev–Trinajstić information content (AvgIpc) is 2.52. The number of piperazine rings is 1. The number of carboxylic acids is 1. The standard InChI is InChI=1S/C17H24N4O4/c1-17(2,3)25-16(24)21-8-6-20(7-9-21)13-5-4-11(15(22)23)14(19)12(13)10-18/h4-5,10,18H,6-9,19H2,1-3H3,(H,22,23). The van der Waals surface area contributed by atoms with Gasteiger partial charge in [0.15, 0.2) is 0 Å². The van der Waals surface area contributed by atoms with Crippen molar-refractivity contribution in [2.24, 2.45) is 0 Å². The van der Waals surface area contributed by atoms with E-state index in [0.717, 1.165) is 6.21 Å². The molecule has 0 radical (unpaired) electrons. The van der Waals surface area contributed by atoms with Crippen molar-refractivity contribution in [2.75, 3.05) is 36.8 Å². The number of carbonyl (C=O) groups excluding carboxylic acids is 1. The van der Waals surface area contributed by atoms with Crippen LogP contribution in [0.4, 0.5) is 16.2 Å². The monoisotopic (exact) mass is 348 g/mol. The van der Waals surface area contributed by atoms with Crippen LogP contribution >= 0.6 is 0 Å². The van der Waals surface area contributed by atoms with E-state index >= 15 is 0 Å². The number of benzene rings is 1. The number of rotatable bonds is 3. The first-order valence-electron chi connectivity index (χ1n) is 8.03. The van der Waals surface area contributed by atoms with Gasteiger partial charge in [-0.15, -0.1) is 0 Å². The van der Waals surface area contributed by atoms with Gasteiger partial charge in [0.1, 0.15) is 5.60 Å². The maximum atomic E-state index is 12.1. The quantitative estimate of drug-likeness (QED) is 0.568. The fourth-order valence-electron chi connectivity index (χ4n) is 2.70. The van der Waals surface area contributed by atoms with Gasteiger partial charge in [-0.1, -0.05) is 0 Å². The van der Waals surface area contributed by atoms with Gasteiger partial charge in [-0.2, -0.15) is 0 Å². The van der Waals surface area contributed by atoms with Gasteiger partial charge in [-0.3, -0.25) is 0 Å². The summed E-state index contributed by atoms with van der Waals surface area (Å²) < 4.78 is 5.37. The molecule has 1 saturated heterocycles. The minimum absolute atomic E-state index is 0.0189. The number of carboxylic acid groups (broad SMARTS) is 1. The molecular weight excluding hydrogens is 324 g/mol. The summed E-state index contributed by atoms with van der Waals surface area (Å²) in [6.07, 6.45) is 0.720. The lowest BCUT2D eigenvalue weighted by atomic mass is 10.0. The summed E-state index contributed by atoms with van der Waals surface area (Å²) in [6, 6.07) is 3.10. The molecule has 0 unspecified atom stereocenters. The van der Waals surface area contributed by atoms with Crippen LogP contribution in [0.1, 0.15) is 36.7 Å². The Labute approximate surface area is 146 Å². The lowest BCUT2D eigenvalue weighted by molar-refractivity contribution is 0.0240. The van der Waals surface area contributed by atoms with E-state index < -0.39 is 11.6 Å². The van der Waals surface area contributed by atoms with Gasteiger partial charge in [0, 0.05) is 43.6 Å². The average molecular weight is 348 g/mol. The highest BCUT2D eigenvalue weighted by Gasteiger charge is 2.27. The number of amides is 1. The van der Waals surface area contributed by atoms with E-state index in [2.05, 4.69) is 0 Å². The molecule has 8 nitrogen and oxygen atoms in total. The smallest absolute Gasteiger partial charge is 0.410 e. The van der Waals surface area contributed by atoms with Crippen LogP contribution in [-0.4, -0.2) is 60.1 Å². The summed E-state index contributed by atoms with van der Waals surface area (Å²) in [5, 5.41) is 16.7. The maximum absolute atomic E-state index is 12.1. The number of nitrogens with one attached hydrogen (secondary N) is 1. The predicted molar refractivity (Wildman–Crippen MR) is 95.7 cm³/mol. The van der Waals surface area contributed by atoms with Gasteiger partial charge in [0.25, 0.3) is 0 Å². The predicted octanol–water partition coefficient (Wildman–Crippen LogP) is 2.02. The number of ether oxygens (including phenoxy) is 1. The molecule has 0 saturated carbocycles. The molecule has 25 heavy (non-hydrogen) atoms. The summed E-state index contributed by atoms with van der Waals surface area (Å²) >= 11 is 0. The first kappa shape index (κ1) is 18.6. The fourth-order valence-corrected chi connectivity index (χ4v) is 2.70. The molecule has 1 aromatic rings. The van der Waals surface area contributed by atoms with Crippen molar-refractivity contribution >= 4 is 29.7 Å². The lowest BCUT2D eigenvalue weighted by Crippen LogP contribution is -2.50. The van der Waals surface area contributed by atoms with Crippen molar-refractivity contribution in [1.29, 1.82) is 5.41 Å². The summed E-state index contributed by atoms with van der Waals surface area (Å²) in [6.45, 7) is 7.52. The molecule has 0 bridgehead atoms. The zero-order valence-electron chi connectivity index (χ0n) is 14.7.